The quantitative estimate of drug-likeness (QED) is 0.735. The molecule has 0 aromatic heterocycles. The summed E-state index contributed by atoms with van der Waals surface area (Å²) in [5.41, 5.74) is 0.421. The Morgan fingerprint density at radius 2 is 1.83 bits per heavy atom. The molecule has 4 rings (SSSR count). The maximum atomic E-state index is 14.1. The molecule has 0 bridgehead atoms. The Bertz CT molecular complexity index is 791. The zero-order valence-electron chi connectivity index (χ0n) is 16.7. The molecule has 2 saturated carbocycles. The van der Waals surface area contributed by atoms with Crippen LogP contribution >= 0.6 is 11.8 Å². The van der Waals surface area contributed by atoms with Gasteiger partial charge in [-0.05, 0) is 37.8 Å². The van der Waals surface area contributed by atoms with Crippen molar-refractivity contribution in [1.82, 2.24) is 10.2 Å². The van der Waals surface area contributed by atoms with Crippen LogP contribution in [-0.4, -0.2) is 40.6 Å². The number of nitrogens with zero attached hydrogens (tertiary/aromatic N) is 1. The average Bonchev–Trinajstić information content (AvgIpc) is 2.73. The minimum absolute atomic E-state index is 0.0632. The first-order chi connectivity index (χ1) is 14.1. The molecule has 1 aromatic rings. The van der Waals surface area contributed by atoms with Gasteiger partial charge in [0.15, 0.2) is 0 Å². The number of amides is 2. The van der Waals surface area contributed by atoms with Gasteiger partial charge < -0.3 is 10.2 Å². The number of carbonyl (C=O) groups is 2. The van der Waals surface area contributed by atoms with Gasteiger partial charge in [0.05, 0.1) is 4.91 Å². The number of hydrogen-bond acceptors (Lipinski definition) is 3. The molecule has 29 heavy (non-hydrogen) atoms. The van der Waals surface area contributed by atoms with Crippen molar-refractivity contribution in [3.05, 3.63) is 40.6 Å². The molecule has 1 N–H and O–H groups in total. The second-order valence-corrected chi connectivity index (χ2v) is 9.65. The van der Waals surface area contributed by atoms with E-state index in [1.165, 1.54) is 12.5 Å². The summed E-state index contributed by atoms with van der Waals surface area (Å²) < 4.78 is 14.1. The number of benzene rings is 1. The second-order valence-electron chi connectivity index (χ2n) is 8.37. The summed E-state index contributed by atoms with van der Waals surface area (Å²) in [6, 6.07) is 6.84. The van der Waals surface area contributed by atoms with Crippen molar-refractivity contribution in [2.24, 2.45) is 0 Å². The predicted octanol–water partition coefficient (Wildman–Crippen LogP) is 4.50. The lowest BCUT2D eigenvalue weighted by molar-refractivity contribution is -0.136. The minimum Gasteiger partial charge on any atom is -0.352 e. The van der Waals surface area contributed by atoms with Crippen molar-refractivity contribution in [3.8, 4) is 0 Å². The SMILES string of the molecule is O=C(CN1C(=O)/C(=C/c2ccccc2F)SC2CCCCC21)NC1CCCCC1. The molecule has 2 atom stereocenters. The van der Waals surface area contributed by atoms with Crippen LogP contribution in [0, 0.1) is 5.82 Å². The summed E-state index contributed by atoms with van der Waals surface area (Å²) in [6.45, 7) is 0.103. The van der Waals surface area contributed by atoms with Gasteiger partial charge in [0.1, 0.15) is 12.4 Å². The van der Waals surface area contributed by atoms with E-state index in [4.69, 9.17) is 0 Å². The van der Waals surface area contributed by atoms with Gasteiger partial charge in [0.25, 0.3) is 5.91 Å². The van der Waals surface area contributed by atoms with Gasteiger partial charge in [0, 0.05) is 22.9 Å². The van der Waals surface area contributed by atoms with Crippen molar-refractivity contribution in [3.63, 3.8) is 0 Å². The van der Waals surface area contributed by atoms with Crippen molar-refractivity contribution in [1.29, 1.82) is 0 Å². The van der Waals surface area contributed by atoms with Crippen LogP contribution in [0.1, 0.15) is 63.4 Å². The van der Waals surface area contributed by atoms with E-state index >= 15 is 0 Å². The number of fused-ring (bicyclic) bond motifs is 1. The Morgan fingerprint density at radius 1 is 1.10 bits per heavy atom. The summed E-state index contributed by atoms with van der Waals surface area (Å²) in [7, 11) is 0. The highest BCUT2D eigenvalue weighted by Gasteiger charge is 2.41. The van der Waals surface area contributed by atoms with Crippen LogP contribution in [0.15, 0.2) is 29.2 Å². The zero-order chi connectivity index (χ0) is 20.2. The Kier molecular flexibility index (Phi) is 6.58. The maximum Gasteiger partial charge on any atom is 0.261 e. The van der Waals surface area contributed by atoms with E-state index in [0.29, 0.717) is 10.5 Å². The molecule has 2 amide bonds. The normalized spacial score (nSPS) is 27.0. The topological polar surface area (TPSA) is 49.4 Å². The maximum absolute atomic E-state index is 14.1. The standard InChI is InChI=1S/C23H29FN2O2S/c24-18-11-5-4-8-16(18)14-21-23(28)26(19-12-6-7-13-20(19)29-21)15-22(27)25-17-9-2-1-3-10-17/h4-5,8,11,14,17,19-20H,1-3,6-7,9-10,12-13,15H2,(H,25,27)/b21-14-. The molecule has 2 unspecified atom stereocenters. The smallest absolute Gasteiger partial charge is 0.261 e. The molecular weight excluding hydrogens is 387 g/mol. The van der Waals surface area contributed by atoms with Gasteiger partial charge in [-0.2, -0.15) is 0 Å². The van der Waals surface area contributed by atoms with Gasteiger partial charge in [0.2, 0.25) is 5.91 Å². The first-order valence-electron chi connectivity index (χ1n) is 10.8. The lowest BCUT2D eigenvalue weighted by Gasteiger charge is -2.44. The van der Waals surface area contributed by atoms with Crippen molar-refractivity contribution in [2.45, 2.75) is 75.1 Å². The van der Waals surface area contributed by atoms with Crippen LogP contribution < -0.4 is 5.32 Å². The van der Waals surface area contributed by atoms with E-state index in [-0.39, 0.29) is 41.5 Å². The van der Waals surface area contributed by atoms with Crippen LogP contribution in [0.25, 0.3) is 6.08 Å². The molecule has 0 radical (unpaired) electrons. The zero-order valence-corrected chi connectivity index (χ0v) is 17.6. The van der Waals surface area contributed by atoms with Gasteiger partial charge in [-0.25, -0.2) is 4.39 Å². The molecule has 6 heteroatoms. The Balaban J connectivity index is 1.52. The van der Waals surface area contributed by atoms with E-state index in [1.807, 2.05) is 0 Å². The third-order valence-corrected chi connectivity index (χ3v) is 7.69. The predicted molar refractivity (Wildman–Crippen MR) is 115 cm³/mol. The van der Waals surface area contributed by atoms with Gasteiger partial charge in [-0.15, -0.1) is 11.8 Å². The third-order valence-electron chi connectivity index (χ3n) is 6.29. The van der Waals surface area contributed by atoms with E-state index in [9.17, 15) is 14.0 Å². The van der Waals surface area contributed by atoms with Crippen LogP contribution in [-0.2, 0) is 9.59 Å². The lowest BCUT2D eigenvalue weighted by atomic mass is 9.92. The average molecular weight is 417 g/mol. The molecule has 1 aromatic carbocycles. The number of rotatable bonds is 4. The van der Waals surface area contributed by atoms with E-state index in [0.717, 1.165) is 51.4 Å². The molecule has 1 saturated heterocycles. The molecule has 156 valence electrons. The summed E-state index contributed by atoms with van der Waals surface area (Å²) in [4.78, 5) is 28.3. The minimum atomic E-state index is -0.333. The largest absolute Gasteiger partial charge is 0.352 e. The molecule has 3 fully saturated rings. The fraction of sp³-hybridized carbons (Fsp3) is 0.565. The number of nitrogens with one attached hydrogen (secondary N) is 1. The van der Waals surface area contributed by atoms with Crippen molar-refractivity contribution >= 4 is 29.7 Å². The summed E-state index contributed by atoms with van der Waals surface area (Å²) >= 11 is 1.57. The Morgan fingerprint density at radius 3 is 2.62 bits per heavy atom. The molecule has 2 aliphatic carbocycles. The number of halogens is 1. The summed E-state index contributed by atoms with van der Waals surface area (Å²) in [5.74, 6) is -0.535. The van der Waals surface area contributed by atoms with E-state index < -0.39 is 0 Å². The highest BCUT2D eigenvalue weighted by molar-refractivity contribution is 8.04. The Hall–Kier alpha value is -1.82. The fourth-order valence-corrected chi connectivity index (χ4v) is 6.23. The van der Waals surface area contributed by atoms with Gasteiger partial charge in [-0.3, -0.25) is 9.59 Å². The molecule has 1 heterocycles. The molecule has 4 nitrogen and oxygen atoms in total. The number of hydrogen-bond donors (Lipinski definition) is 1. The van der Waals surface area contributed by atoms with Crippen LogP contribution in [0.5, 0.6) is 0 Å². The number of thioether (sulfide) groups is 1. The fourth-order valence-electron chi connectivity index (χ4n) is 4.77. The highest BCUT2D eigenvalue weighted by Crippen LogP contribution is 2.42. The van der Waals surface area contributed by atoms with Crippen LogP contribution in [0.2, 0.25) is 0 Å². The third kappa shape index (κ3) is 4.85. The van der Waals surface area contributed by atoms with Crippen LogP contribution in [0.3, 0.4) is 0 Å². The number of carbonyl (C=O) groups excluding carboxylic acids is 2. The van der Waals surface area contributed by atoms with E-state index in [2.05, 4.69) is 5.32 Å². The first-order valence-corrected chi connectivity index (χ1v) is 11.7. The van der Waals surface area contributed by atoms with E-state index in [1.54, 1.807) is 40.9 Å². The molecular formula is C23H29FN2O2S. The van der Waals surface area contributed by atoms with Crippen molar-refractivity contribution in [2.75, 3.05) is 6.54 Å². The second kappa shape index (κ2) is 9.33. The molecule has 1 aliphatic heterocycles. The Labute approximate surface area is 176 Å². The monoisotopic (exact) mass is 416 g/mol. The molecule has 3 aliphatic rings. The lowest BCUT2D eigenvalue weighted by Crippen LogP contribution is -2.55. The first kappa shape index (κ1) is 20.5. The van der Waals surface area contributed by atoms with Gasteiger partial charge >= 0.3 is 0 Å². The summed E-state index contributed by atoms with van der Waals surface area (Å²) in [5, 5.41) is 3.42. The van der Waals surface area contributed by atoms with Crippen molar-refractivity contribution < 1.29 is 14.0 Å². The summed E-state index contributed by atoms with van der Waals surface area (Å²) in [6.07, 6.45) is 11.4. The molecule has 0 spiro atoms. The van der Waals surface area contributed by atoms with Crippen LogP contribution in [0.4, 0.5) is 4.39 Å². The van der Waals surface area contributed by atoms with Gasteiger partial charge in [-0.1, -0.05) is 50.3 Å². The highest BCUT2D eigenvalue weighted by atomic mass is 32.2.